The Morgan fingerprint density at radius 3 is 2.65 bits per heavy atom. The Balaban J connectivity index is 1.91. The van der Waals surface area contributed by atoms with Gasteiger partial charge in [-0.05, 0) is 61.2 Å². The molecule has 2 fully saturated rings. The molecule has 17 heavy (non-hydrogen) atoms. The molecule has 0 aliphatic heterocycles. The van der Waals surface area contributed by atoms with E-state index in [1.54, 1.807) is 0 Å². The molecule has 0 heterocycles. The van der Waals surface area contributed by atoms with Crippen molar-refractivity contribution in [1.29, 1.82) is 0 Å². The highest BCUT2D eigenvalue weighted by Crippen LogP contribution is 2.54. The van der Waals surface area contributed by atoms with Crippen LogP contribution in [0.25, 0.3) is 0 Å². The molecule has 0 nitrogen and oxygen atoms in total. The first-order valence-corrected chi connectivity index (χ1v) is 7.81. The zero-order valence-electron chi connectivity index (χ0n) is 11.8. The maximum absolute atomic E-state index is 2.74. The second-order valence-corrected chi connectivity index (χ2v) is 7.46. The Hall–Kier alpha value is -0.260. The molecule has 3 rings (SSSR count). The van der Waals surface area contributed by atoms with Crippen LogP contribution < -0.4 is 0 Å². The van der Waals surface area contributed by atoms with Gasteiger partial charge in [-0.1, -0.05) is 45.3 Å². The van der Waals surface area contributed by atoms with Gasteiger partial charge in [-0.2, -0.15) is 0 Å². The topological polar surface area (TPSA) is 0 Å². The molecule has 4 unspecified atom stereocenters. The zero-order valence-corrected chi connectivity index (χ0v) is 11.8. The van der Waals surface area contributed by atoms with Crippen molar-refractivity contribution in [2.45, 2.75) is 65.7 Å². The average molecular weight is 232 g/mol. The minimum Gasteiger partial charge on any atom is -0.0811 e. The van der Waals surface area contributed by atoms with Crippen molar-refractivity contribution in [3.8, 4) is 0 Å². The molecule has 0 spiro atoms. The van der Waals surface area contributed by atoms with Crippen molar-refractivity contribution in [2.75, 3.05) is 0 Å². The van der Waals surface area contributed by atoms with Crippen LogP contribution in [-0.4, -0.2) is 0 Å². The van der Waals surface area contributed by atoms with Gasteiger partial charge in [0.1, 0.15) is 0 Å². The summed E-state index contributed by atoms with van der Waals surface area (Å²) in [6, 6.07) is 0. The van der Waals surface area contributed by atoms with Crippen molar-refractivity contribution < 1.29 is 0 Å². The van der Waals surface area contributed by atoms with Crippen molar-refractivity contribution in [2.24, 2.45) is 29.1 Å². The third-order valence-electron chi connectivity index (χ3n) is 6.31. The summed E-state index contributed by atoms with van der Waals surface area (Å²) in [5.41, 5.74) is 2.32. The molecule has 0 aromatic rings. The van der Waals surface area contributed by atoms with Gasteiger partial charge in [0.2, 0.25) is 0 Å². The standard InChI is InChI=1S/C17H28/c1-12-8-9-15-10-13-6-4-5-7-14(13)11-16(15)17(12,2)3/h11-15H,4-10H2,1-3H3. The normalized spacial score (nSPS) is 44.5. The van der Waals surface area contributed by atoms with Gasteiger partial charge in [0, 0.05) is 0 Å². The van der Waals surface area contributed by atoms with Crippen LogP contribution in [0.2, 0.25) is 0 Å². The predicted octanol–water partition coefficient (Wildman–Crippen LogP) is 5.20. The van der Waals surface area contributed by atoms with Gasteiger partial charge in [0.25, 0.3) is 0 Å². The smallest absolute Gasteiger partial charge is 0.0116 e. The van der Waals surface area contributed by atoms with Gasteiger partial charge >= 0.3 is 0 Å². The highest BCUT2D eigenvalue weighted by molar-refractivity contribution is 5.24. The summed E-state index contributed by atoms with van der Waals surface area (Å²) in [5, 5.41) is 0. The predicted molar refractivity (Wildman–Crippen MR) is 73.8 cm³/mol. The lowest BCUT2D eigenvalue weighted by Crippen LogP contribution is -2.38. The van der Waals surface area contributed by atoms with Gasteiger partial charge in [-0.25, -0.2) is 0 Å². The molecule has 0 N–H and O–H groups in total. The van der Waals surface area contributed by atoms with E-state index in [0.29, 0.717) is 5.41 Å². The summed E-state index contributed by atoms with van der Waals surface area (Å²) in [6.45, 7) is 7.46. The lowest BCUT2D eigenvalue weighted by atomic mass is 9.56. The minimum absolute atomic E-state index is 0.478. The Morgan fingerprint density at radius 2 is 1.82 bits per heavy atom. The van der Waals surface area contributed by atoms with Crippen LogP contribution in [0.1, 0.15) is 65.7 Å². The second kappa shape index (κ2) is 4.14. The Bertz CT molecular complexity index is 323. The molecular formula is C17H28. The van der Waals surface area contributed by atoms with Crippen molar-refractivity contribution >= 4 is 0 Å². The number of hydrogen-bond acceptors (Lipinski definition) is 0. The molecular weight excluding hydrogens is 204 g/mol. The molecule has 0 amide bonds. The van der Waals surface area contributed by atoms with Crippen LogP contribution in [0.5, 0.6) is 0 Å². The molecule has 3 aliphatic rings. The molecule has 0 aromatic carbocycles. The van der Waals surface area contributed by atoms with Crippen LogP contribution in [0.15, 0.2) is 11.6 Å². The van der Waals surface area contributed by atoms with Crippen LogP contribution in [0.4, 0.5) is 0 Å². The van der Waals surface area contributed by atoms with Gasteiger partial charge in [0.05, 0.1) is 0 Å². The van der Waals surface area contributed by atoms with Crippen molar-refractivity contribution in [1.82, 2.24) is 0 Å². The summed E-state index contributed by atoms with van der Waals surface area (Å²) in [7, 11) is 0. The maximum atomic E-state index is 2.74. The molecule has 0 saturated heterocycles. The fourth-order valence-electron chi connectivity index (χ4n) is 4.72. The van der Waals surface area contributed by atoms with E-state index >= 15 is 0 Å². The van der Waals surface area contributed by atoms with Crippen LogP contribution in [0, 0.1) is 29.1 Å². The van der Waals surface area contributed by atoms with Crippen LogP contribution in [0.3, 0.4) is 0 Å². The second-order valence-electron chi connectivity index (χ2n) is 7.46. The molecule has 0 aromatic heterocycles. The average Bonchev–Trinajstić information content (AvgIpc) is 2.33. The van der Waals surface area contributed by atoms with Gasteiger partial charge in [-0.15, -0.1) is 0 Å². The van der Waals surface area contributed by atoms with Crippen LogP contribution in [-0.2, 0) is 0 Å². The van der Waals surface area contributed by atoms with Crippen molar-refractivity contribution in [3.63, 3.8) is 0 Å². The molecule has 0 heteroatoms. The third kappa shape index (κ3) is 1.88. The number of hydrogen-bond donors (Lipinski definition) is 0. The number of fused-ring (bicyclic) bond motifs is 2. The van der Waals surface area contributed by atoms with E-state index in [1.165, 1.54) is 44.9 Å². The third-order valence-corrected chi connectivity index (χ3v) is 6.31. The molecule has 4 atom stereocenters. The zero-order chi connectivity index (χ0) is 12.0. The molecule has 0 bridgehead atoms. The van der Waals surface area contributed by atoms with E-state index in [9.17, 15) is 0 Å². The monoisotopic (exact) mass is 232 g/mol. The van der Waals surface area contributed by atoms with E-state index in [0.717, 1.165) is 23.7 Å². The molecule has 2 saturated carbocycles. The lowest BCUT2D eigenvalue weighted by Gasteiger charge is -2.49. The Labute approximate surface area is 107 Å². The summed E-state index contributed by atoms with van der Waals surface area (Å²) in [4.78, 5) is 0. The van der Waals surface area contributed by atoms with E-state index in [2.05, 4.69) is 26.8 Å². The molecule has 3 aliphatic carbocycles. The largest absolute Gasteiger partial charge is 0.0811 e. The van der Waals surface area contributed by atoms with E-state index in [4.69, 9.17) is 0 Å². The quantitative estimate of drug-likeness (QED) is 0.504. The van der Waals surface area contributed by atoms with Crippen molar-refractivity contribution in [3.05, 3.63) is 11.6 Å². The van der Waals surface area contributed by atoms with E-state index in [-0.39, 0.29) is 0 Å². The fraction of sp³-hybridized carbons (Fsp3) is 0.882. The van der Waals surface area contributed by atoms with Gasteiger partial charge < -0.3 is 0 Å². The minimum atomic E-state index is 0.478. The van der Waals surface area contributed by atoms with E-state index < -0.39 is 0 Å². The Kier molecular flexibility index (Phi) is 2.88. The molecule has 96 valence electrons. The first-order chi connectivity index (χ1) is 8.09. The number of rotatable bonds is 0. The highest BCUT2D eigenvalue weighted by atomic mass is 14.5. The highest BCUT2D eigenvalue weighted by Gasteiger charge is 2.43. The first-order valence-electron chi connectivity index (χ1n) is 7.81. The number of allylic oxidation sites excluding steroid dienone is 2. The summed E-state index contributed by atoms with van der Waals surface area (Å²) < 4.78 is 0. The fourth-order valence-corrected chi connectivity index (χ4v) is 4.72. The van der Waals surface area contributed by atoms with Crippen LogP contribution >= 0.6 is 0 Å². The SMILES string of the molecule is CC1CCC2CC3CCCCC3C=C2C1(C)C. The summed E-state index contributed by atoms with van der Waals surface area (Å²) in [6.07, 6.45) is 13.2. The van der Waals surface area contributed by atoms with Gasteiger partial charge in [-0.3, -0.25) is 0 Å². The summed E-state index contributed by atoms with van der Waals surface area (Å²) >= 11 is 0. The van der Waals surface area contributed by atoms with E-state index in [1.807, 2.05) is 5.57 Å². The first kappa shape index (κ1) is 11.8. The Morgan fingerprint density at radius 1 is 1.06 bits per heavy atom. The maximum Gasteiger partial charge on any atom is -0.0116 e. The lowest BCUT2D eigenvalue weighted by molar-refractivity contribution is 0.132. The van der Waals surface area contributed by atoms with Gasteiger partial charge in [0.15, 0.2) is 0 Å². The molecule has 0 radical (unpaired) electrons. The summed E-state index contributed by atoms with van der Waals surface area (Å²) in [5.74, 6) is 3.81.